The second-order valence-corrected chi connectivity index (χ2v) is 7.37. The Morgan fingerprint density at radius 3 is 2.63 bits per heavy atom. The highest BCUT2D eigenvalue weighted by molar-refractivity contribution is 7.71. The second kappa shape index (κ2) is 7.88. The maximum atomic E-state index is 12.2. The van der Waals surface area contributed by atoms with Crippen molar-refractivity contribution in [3.05, 3.63) is 58.9 Å². The Morgan fingerprint density at radius 2 is 1.85 bits per heavy atom. The highest BCUT2D eigenvalue weighted by Crippen LogP contribution is 2.23. The van der Waals surface area contributed by atoms with Crippen LogP contribution in [0.5, 0.6) is 0 Å². The molecule has 4 rings (SSSR count). The third-order valence-electron chi connectivity index (χ3n) is 4.94. The molecule has 5 nitrogen and oxygen atoms in total. The normalized spacial score (nSPS) is 14.4. The van der Waals surface area contributed by atoms with Crippen molar-refractivity contribution in [1.29, 1.82) is 0 Å². The van der Waals surface area contributed by atoms with Gasteiger partial charge in [0.25, 0.3) is 0 Å². The number of nitrogens with one attached hydrogen (secondary N) is 3. The topological polar surface area (TPSA) is 69.8 Å². The van der Waals surface area contributed by atoms with Crippen molar-refractivity contribution >= 4 is 40.5 Å². The number of carbonyl (C=O) groups excluding carboxylic acids is 1. The van der Waals surface area contributed by atoms with Gasteiger partial charge in [0.1, 0.15) is 5.82 Å². The van der Waals surface area contributed by atoms with E-state index >= 15 is 0 Å². The molecule has 1 fully saturated rings. The maximum absolute atomic E-state index is 12.2. The van der Waals surface area contributed by atoms with E-state index in [0.29, 0.717) is 17.2 Å². The summed E-state index contributed by atoms with van der Waals surface area (Å²) >= 11 is 5.22. The number of rotatable bonds is 5. The Bertz CT molecular complexity index is 1010. The smallest absolute Gasteiger partial charge is 0.224 e. The lowest BCUT2D eigenvalue weighted by Gasteiger charge is -2.12. The van der Waals surface area contributed by atoms with E-state index in [4.69, 9.17) is 12.2 Å². The zero-order valence-corrected chi connectivity index (χ0v) is 15.8. The first-order valence-electron chi connectivity index (χ1n) is 9.32. The van der Waals surface area contributed by atoms with Crippen LogP contribution in [-0.2, 0) is 11.2 Å². The molecule has 0 unspecified atom stereocenters. The number of carbonyl (C=O) groups is 1. The molecule has 0 saturated heterocycles. The minimum Gasteiger partial charge on any atom is -0.353 e. The molecule has 0 atom stereocenters. The molecular formula is C21H22N4OS. The molecule has 1 aliphatic rings. The number of fused-ring (bicyclic) bond motifs is 1. The minimum absolute atomic E-state index is 0.101. The average Bonchev–Trinajstić information content (AvgIpc) is 3.16. The Labute approximate surface area is 163 Å². The summed E-state index contributed by atoms with van der Waals surface area (Å²) in [5.74, 6) is 0.825. The van der Waals surface area contributed by atoms with Crippen LogP contribution in [0.15, 0.2) is 48.5 Å². The van der Waals surface area contributed by atoms with E-state index in [9.17, 15) is 4.79 Å². The number of anilines is 2. The fraction of sp³-hybridized carbons (Fsp3) is 0.286. The van der Waals surface area contributed by atoms with E-state index in [1.807, 2.05) is 48.5 Å². The van der Waals surface area contributed by atoms with E-state index in [0.717, 1.165) is 40.8 Å². The lowest BCUT2D eigenvalue weighted by Crippen LogP contribution is -2.33. The van der Waals surface area contributed by atoms with E-state index in [-0.39, 0.29) is 5.91 Å². The van der Waals surface area contributed by atoms with Gasteiger partial charge in [-0.1, -0.05) is 37.1 Å². The number of benzene rings is 2. The molecule has 0 aliphatic heterocycles. The summed E-state index contributed by atoms with van der Waals surface area (Å²) in [4.78, 5) is 19.7. The number of hydrogen-bond donors (Lipinski definition) is 3. The van der Waals surface area contributed by atoms with Crippen molar-refractivity contribution in [2.45, 2.75) is 38.1 Å². The van der Waals surface area contributed by atoms with Crippen LogP contribution in [0.1, 0.15) is 31.2 Å². The molecule has 6 heteroatoms. The van der Waals surface area contributed by atoms with E-state index in [2.05, 4.69) is 20.6 Å². The van der Waals surface area contributed by atoms with Gasteiger partial charge in [0.05, 0.1) is 11.9 Å². The first-order valence-corrected chi connectivity index (χ1v) is 9.72. The molecule has 0 radical (unpaired) electrons. The largest absolute Gasteiger partial charge is 0.353 e. The predicted octanol–water partition coefficient (Wildman–Crippen LogP) is 4.64. The molecule has 1 amide bonds. The van der Waals surface area contributed by atoms with Crippen LogP contribution in [0.2, 0.25) is 0 Å². The number of aromatic amines is 1. The number of amides is 1. The summed E-state index contributed by atoms with van der Waals surface area (Å²) in [5.41, 5.74) is 2.85. The van der Waals surface area contributed by atoms with Crippen LogP contribution in [0.3, 0.4) is 0 Å². The lowest BCUT2D eigenvalue weighted by atomic mass is 10.1. The van der Waals surface area contributed by atoms with Gasteiger partial charge in [0.2, 0.25) is 5.91 Å². The van der Waals surface area contributed by atoms with Crippen molar-refractivity contribution in [3.8, 4) is 0 Å². The Balaban J connectivity index is 1.45. The van der Waals surface area contributed by atoms with Crippen molar-refractivity contribution in [2.24, 2.45) is 0 Å². The van der Waals surface area contributed by atoms with Crippen LogP contribution in [0.25, 0.3) is 10.9 Å². The lowest BCUT2D eigenvalue weighted by molar-refractivity contribution is -0.121. The fourth-order valence-electron chi connectivity index (χ4n) is 3.58. The van der Waals surface area contributed by atoms with Crippen LogP contribution in [0, 0.1) is 4.77 Å². The molecule has 138 valence electrons. The number of nitrogens with zero attached hydrogens (tertiary/aromatic N) is 1. The van der Waals surface area contributed by atoms with Gasteiger partial charge in [-0.2, -0.15) is 0 Å². The fourth-order valence-corrected chi connectivity index (χ4v) is 3.78. The Hall–Kier alpha value is -2.73. The van der Waals surface area contributed by atoms with Crippen molar-refractivity contribution in [3.63, 3.8) is 0 Å². The monoisotopic (exact) mass is 378 g/mol. The van der Waals surface area contributed by atoms with Gasteiger partial charge in [-0.3, -0.25) is 4.79 Å². The third kappa shape index (κ3) is 4.34. The van der Waals surface area contributed by atoms with E-state index < -0.39 is 0 Å². The molecule has 3 N–H and O–H groups in total. The first kappa shape index (κ1) is 17.7. The van der Waals surface area contributed by atoms with Crippen LogP contribution in [-0.4, -0.2) is 21.9 Å². The minimum atomic E-state index is 0.101. The highest BCUT2D eigenvalue weighted by atomic mass is 32.1. The van der Waals surface area contributed by atoms with Crippen molar-refractivity contribution < 1.29 is 4.79 Å². The van der Waals surface area contributed by atoms with Gasteiger partial charge in [-0.25, -0.2) is 4.98 Å². The van der Waals surface area contributed by atoms with Gasteiger partial charge >= 0.3 is 0 Å². The zero-order chi connectivity index (χ0) is 18.6. The maximum Gasteiger partial charge on any atom is 0.224 e. The number of H-pyrrole nitrogens is 1. The third-order valence-corrected chi connectivity index (χ3v) is 5.13. The van der Waals surface area contributed by atoms with Crippen LogP contribution >= 0.6 is 12.2 Å². The molecular weight excluding hydrogens is 356 g/mol. The number of para-hydroxylation sites is 1. The summed E-state index contributed by atoms with van der Waals surface area (Å²) in [6.07, 6.45) is 5.06. The highest BCUT2D eigenvalue weighted by Gasteiger charge is 2.17. The van der Waals surface area contributed by atoms with Crippen LogP contribution < -0.4 is 10.6 Å². The van der Waals surface area contributed by atoms with Gasteiger partial charge in [-0.05, 0) is 54.9 Å². The predicted molar refractivity (Wildman–Crippen MR) is 111 cm³/mol. The van der Waals surface area contributed by atoms with Crippen molar-refractivity contribution in [1.82, 2.24) is 15.3 Å². The summed E-state index contributed by atoms with van der Waals surface area (Å²) in [6.45, 7) is 0. The second-order valence-electron chi connectivity index (χ2n) is 6.98. The average molecular weight is 379 g/mol. The van der Waals surface area contributed by atoms with Gasteiger partial charge < -0.3 is 15.6 Å². The number of aromatic nitrogens is 2. The van der Waals surface area contributed by atoms with E-state index in [1.54, 1.807) is 0 Å². The molecule has 1 aromatic heterocycles. The molecule has 2 aromatic carbocycles. The molecule has 0 bridgehead atoms. The zero-order valence-electron chi connectivity index (χ0n) is 15.0. The molecule has 1 heterocycles. The summed E-state index contributed by atoms with van der Waals surface area (Å²) in [6, 6.07) is 16.1. The van der Waals surface area contributed by atoms with Crippen LogP contribution in [0.4, 0.5) is 11.5 Å². The number of hydrogen-bond acceptors (Lipinski definition) is 4. The Morgan fingerprint density at radius 1 is 1.11 bits per heavy atom. The van der Waals surface area contributed by atoms with Gasteiger partial charge in [0.15, 0.2) is 4.77 Å². The molecule has 0 spiro atoms. The Kier molecular flexibility index (Phi) is 5.16. The van der Waals surface area contributed by atoms with Crippen molar-refractivity contribution in [2.75, 3.05) is 5.32 Å². The van der Waals surface area contributed by atoms with Gasteiger partial charge in [-0.15, -0.1) is 0 Å². The van der Waals surface area contributed by atoms with Gasteiger partial charge in [0, 0.05) is 17.1 Å². The standard InChI is InChI=1S/C21H22N4OS/c26-19(22-15-5-1-2-6-15)13-14-9-11-16(12-10-14)23-20-17-7-3-4-8-18(17)24-21(27)25-20/h3-4,7-12,15H,1-2,5-6,13H2,(H,22,26)(H2,23,24,25,27). The first-order chi connectivity index (χ1) is 13.2. The molecule has 1 aliphatic carbocycles. The summed E-state index contributed by atoms with van der Waals surface area (Å²) < 4.78 is 0.441. The quantitative estimate of drug-likeness (QED) is 0.566. The summed E-state index contributed by atoms with van der Waals surface area (Å²) in [5, 5.41) is 7.44. The molecule has 1 saturated carbocycles. The summed E-state index contributed by atoms with van der Waals surface area (Å²) in [7, 11) is 0. The SMILES string of the molecule is O=C(Cc1ccc(Nc2nc(=S)[nH]c3ccccc23)cc1)NC1CCCC1. The molecule has 27 heavy (non-hydrogen) atoms. The van der Waals surface area contributed by atoms with E-state index in [1.165, 1.54) is 12.8 Å². The molecule has 3 aromatic rings.